The molecule has 0 atom stereocenters. The number of aliphatic hydroxyl groups excluding tert-OH is 1. The van der Waals surface area contributed by atoms with Gasteiger partial charge in [-0.05, 0) is 19.1 Å². The van der Waals surface area contributed by atoms with Crippen molar-refractivity contribution in [2.45, 2.75) is 6.92 Å². The molecule has 1 aromatic heterocycles. The van der Waals surface area contributed by atoms with E-state index in [1.165, 1.54) is 11.3 Å². The zero-order valence-corrected chi connectivity index (χ0v) is 11.0. The lowest BCUT2D eigenvalue weighted by atomic mass is 10.1. The molecular weight excluding hydrogens is 262 g/mol. The molecule has 0 aliphatic carbocycles. The molecule has 0 radical (unpaired) electrons. The highest BCUT2D eigenvalue weighted by Gasteiger charge is 2.11. The molecule has 1 amide bonds. The van der Waals surface area contributed by atoms with Crippen molar-refractivity contribution in [2.24, 2.45) is 0 Å². The second-order valence-corrected chi connectivity index (χ2v) is 4.77. The first kappa shape index (κ1) is 13.2. The molecule has 2 aromatic rings. The van der Waals surface area contributed by atoms with Crippen molar-refractivity contribution in [3.8, 4) is 11.8 Å². The van der Waals surface area contributed by atoms with Gasteiger partial charge < -0.3 is 5.11 Å². The topological polar surface area (TPSA) is 75.1 Å². The standard InChI is InChI=1S/C13H11N3O2S/c1-9-15-16-13(19-9)14-12(18)11-7-3-2-5-10(11)6-4-8-17/h2-3,5,7,17H,8H2,1H3,(H,14,16,18). The first-order valence-corrected chi connectivity index (χ1v) is 6.32. The monoisotopic (exact) mass is 273 g/mol. The second-order valence-electron chi connectivity index (χ2n) is 3.59. The van der Waals surface area contributed by atoms with E-state index in [2.05, 4.69) is 27.4 Å². The number of amides is 1. The van der Waals surface area contributed by atoms with E-state index in [-0.39, 0.29) is 12.5 Å². The Kier molecular flexibility index (Phi) is 4.23. The number of aromatic nitrogens is 2. The number of carbonyl (C=O) groups excluding carboxylic acids is 1. The Morgan fingerprint density at radius 3 is 2.89 bits per heavy atom. The number of aryl methyl sites for hydroxylation is 1. The van der Waals surface area contributed by atoms with E-state index in [0.29, 0.717) is 16.3 Å². The molecule has 1 aromatic carbocycles. The third kappa shape index (κ3) is 3.37. The Balaban J connectivity index is 2.23. The highest BCUT2D eigenvalue weighted by Crippen LogP contribution is 2.16. The van der Waals surface area contributed by atoms with Crippen LogP contribution in [0.4, 0.5) is 5.13 Å². The van der Waals surface area contributed by atoms with Gasteiger partial charge in [0.15, 0.2) is 0 Å². The largest absolute Gasteiger partial charge is 0.384 e. The van der Waals surface area contributed by atoms with E-state index >= 15 is 0 Å². The molecule has 0 spiro atoms. The molecule has 1 heterocycles. The molecule has 0 saturated carbocycles. The van der Waals surface area contributed by atoms with Crippen molar-refractivity contribution in [1.82, 2.24) is 10.2 Å². The molecule has 6 heteroatoms. The van der Waals surface area contributed by atoms with Crippen molar-refractivity contribution in [3.63, 3.8) is 0 Å². The Bertz CT molecular complexity index is 655. The van der Waals surface area contributed by atoms with Crippen LogP contribution in [0.1, 0.15) is 20.9 Å². The average Bonchev–Trinajstić information content (AvgIpc) is 2.82. The van der Waals surface area contributed by atoms with Crippen LogP contribution in [0.2, 0.25) is 0 Å². The van der Waals surface area contributed by atoms with Crippen LogP contribution >= 0.6 is 11.3 Å². The molecule has 0 bridgehead atoms. The molecule has 0 fully saturated rings. The summed E-state index contributed by atoms with van der Waals surface area (Å²) in [6.45, 7) is 1.57. The third-order valence-corrected chi connectivity index (χ3v) is 2.97. The summed E-state index contributed by atoms with van der Waals surface area (Å²) in [5, 5.41) is 20.3. The number of anilines is 1. The highest BCUT2D eigenvalue weighted by atomic mass is 32.1. The van der Waals surface area contributed by atoms with Crippen LogP contribution in [0.3, 0.4) is 0 Å². The van der Waals surface area contributed by atoms with E-state index in [0.717, 1.165) is 5.01 Å². The molecule has 2 N–H and O–H groups in total. The molecule has 19 heavy (non-hydrogen) atoms. The summed E-state index contributed by atoms with van der Waals surface area (Å²) in [6.07, 6.45) is 0. The van der Waals surface area contributed by atoms with Crippen LogP contribution in [0, 0.1) is 18.8 Å². The lowest BCUT2D eigenvalue weighted by Crippen LogP contribution is -2.13. The summed E-state index contributed by atoms with van der Waals surface area (Å²) in [6, 6.07) is 6.94. The van der Waals surface area contributed by atoms with Gasteiger partial charge in [0.05, 0.1) is 5.56 Å². The number of benzene rings is 1. The Morgan fingerprint density at radius 1 is 1.42 bits per heavy atom. The summed E-state index contributed by atoms with van der Waals surface area (Å²) in [5.41, 5.74) is 1.01. The second kappa shape index (κ2) is 6.09. The molecule has 0 aliphatic heterocycles. The minimum Gasteiger partial charge on any atom is -0.384 e. The van der Waals surface area contributed by atoms with Gasteiger partial charge in [-0.1, -0.05) is 35.3 Å². The predicted octanol–water partition coefficient (Wildman–Crippen LogP) is 1.44. The number of hydrogen-bond donors (Lipinski definition) is 2. The normalized spacial score (nSPS) is 9.58. The molecule has 96 valence electrons. The zero-order chi connectivity index (χ0) is 13.7. The first-order chi connectivity index (χ1) is 9.20. The Morgan fingerprint density at radius 2 is 2.21 bits per heavy atom. The van der Waals surface area contributed by atoms with Crippen LogP contribution < -0.4 is 5.32 Å². The number of rotatable bonds is 2. The van der Waals surface area contributed by atoms with Gasteiger partial charge in [-0.3, -0.25) is 10.1 Å². The maximum atomic E-state index is 12.1. The number of nitrogens with one attached hydrogen (secondary N) is 1. The van der Waals surface area contributed by atoms with Crippen molar-refractivity contribution >= 4 is 22.4 Å². The average molecular weight is 273 g/mol. The van der Waals surface area contributed by atoms with Gasteiger partial charge in [-0.15, -0.1) is 10.2 Å². The smallest absolute Gasteiger partial charge is 0.258 e. The third-order valence-electron chi connectivity index (χ3n) is 2.22. The fraction of sp³-hybridized carbons (Fsp3) is 0.154. The van der Waals surface area contributed by atoms with E-state index < -0.39 is 0 Å². The number of carbonyl (C=O) groups is 1. The van der Waals surface area contributed by atoms with Gasteiger partial charge >= 0.3 is 0 Å². The zero-order valence-electron chi connectivity index (χ0n) is 10.2. The van der Waals surface area contributed by atoms with Crippen molar-refractivity contribution < 1.29 is 9.90 Å². The first-order valence-electron chi connectivity index (χ1n) is 5.51. The van der Waals surface area contributed by atoms with E-state index in [1.54, 1.807) is 24.3 Å². The maximum Gasteiger partial charge on any atom is 0.258 e. The van der Waals surface area contributed by atoms with Crippen LogP contribution in [0.15, 0.2) is 24.3 Å². The summed E-state index contributed by atoms with van der Waals surface area (Å²) in [5.74, 6) is 4.98. The summed E-state index contributed by atoms with van der Waals surface area (Å²) >= 11 is 1.30. The van der Waals surface area contributed by atoms with Gasteiger partial charge in [-0.25, -0.2) is 0 Å². The van der Waals surface area contributed by atoms with Gasteiger partial charge in [0.1, 0.15) is 11.6 Å². The lowest BCUT2D eigenvalue weighted by molar-refractivity contribution is 0.102. The highest BCUT2D eigenvalue weighted by molar-refractivity contribution is 7.15. The van der Waals surface area contributed by atoms with E-state index in [1.807, 2.05) is 6.92 Å². The summed E-state index contributed by atoms with van der Waals surface area (Å²) < 4.78 is 0. The van der Waals surface area contributed by atoms with Crippen LogP contribution in [0.5, 0.6) is 0 Å². The van der Waals surface area contributed by atoms with Gasteiger partial charge in [0, 0.05) is 5.56 Å². The Hall–Kier alpha value is -2.23. The summed E-state index contributed by atoms with van der Waals surface area (Å²) in [7, 11) is 0. The van der Waals surface area contributed by atoms with Crippen LogP contribution in [-0.4, -0.2) is 27.8 Å². The minimum absolute atomic E-state index is 0.244. The summed E-state index contributed by atoms with van der Waals surface area (Å²) in [4.78, 5) is 12.1. The molecule has 5 nitrogen and oxygen atoms in total. The minimum atomic E-state index is -0.293. The molecule has 0 saturated heterocycles. The van der Waals surface area contributed by atoms with Gasteiger partial charge in [0.25, 0.3) is 5.91 Å². The molecule has 0 unspecified atom stereocenters. The molecular formula is C13H11N3O2S. The molecule has 0 aliphatic rings. The lowest BCUT2D eigenvalue weighted by Gasteiger charge is -2.03. The van der Waals surface area contributed by atoms with E-state index in [4.69, 9.17) is 5.11 Å². The number of aliphatic hydroxyl groups is 1. The SMILES string of the molecule is Cc1nnc(NC(=O)c2ccccc2C#CCO)s1. The van der Waals surface area contributed by atoms with Crippen LogP contribution in [-0.2, 0) is 0 Å². The predicted molar refractivity (Wildman–Crippen MR) is 73.0 cm³/mol. The van der Waals surface area contributed by atoms with Gasteiger partial charge in [0.2, 0.25) is 5.13 Å². The van der Waals surface area contributed by atoms with Crippen LogP contribution in [0.25, 0.3) is 0 Å². The quantitative estimate of drug-likeness (QED) is 0.812. The number of hydrogen-bond acceptors (Lipinski definition) is 5. The van der Waals surface area contributed by atoms with Gasteiger partial charge in [-0.2, -0.15) is 0 Å². The molecule has 2 rings (SSSR count). The van der Waals surface area contributed by atoms with Crippen molar-refractivity contribution in [3.05, 3.63) is 40.4 Å². The van der Waals surface area contributed by atoms with E-state index in [9.17, 15) is 4.79 Å². The van der Waals surface area contributed by atoms with Crippen molar-refractivity contribution in [2.75, 3.05) is 11.9 Å². The Labute approximate surface area is 114 Å². The maximum absolute atomic E-state index is 12.1. The van der Waals surface area contributed by atoms with Crippen molar-refractivity contribution in [1.29, 1.82) is 0 Å². The fourth-order valence-electron chi connectivity index (χ4n) is 1.44. The number of nitrogens with zero attached hydrogens (tertiary/aromatic N) is 2. The fourth-order valence-corrected chi connectivity index (χ4v) is 2.02.